The molecule has 0 radical (unpaired) electrons. The van der Waals surface area contributed by atoms with Crippen molar-refractivity contribution in [2.24, 2.45) is 7.05 Å². The SMILES string of the molecule is Cn1cnnc1-c1cncc(NC(=O)[C@H]2CC[C@@H](c3ccccc3)O2)c1. The number of pyridine rings is 1. The molecule has 1 fully saturated rings. The van der Waals surface area contributed by atoms with E-state index in [2.05, 4.69) is 20.5 Å². The van der Waals surface area contributed by atoms with Gasteiger partial charge in [0, 0.05) is 18.8 Å². The molecule has 7 heteroatoms. The van der Waals surface area contributed by atoms with Crippen molar-refractivity contribution in [1.29, 1.82) is 0 Å². The van der Waals surface area contributed by atoms with Crippen LogP contribution in [-0.4, -0.2) is 31.8 Å². The number of anilines is 1. The second-order valence-electron chi connectivity index (χ2n) is 6.32. The van der Waals surface area contributed by atoms with Crippen LogP contribution in [0, 0.1) is 0 Å². The van der Waals surface area contributed by atoms with Crippen molar-refractivity contribution in [3.8, 4) is 11.4 Å². The summed E-state index contributed by atoms with van der Waals surface area (Å²) in [6.45, 7) is 0. The molecule has 1 amide bonds. The molecule has 1 aliphatic heterocycles. The molecule has 1 N–H and O–H groups in total. The minimum atomic E-state index is -0.460. The van der Waals surface area contributed by atoms with Crippen molar-refractivity contribution >= 4 is 11.6 Å². The van der Waals surface area contributed by atoms with Crippen LogP contribution in [0.4, 0.5) is 5.69 Å². The number of aryl methyl sites for hydroxylation is 1. The largest absolute Gasteiger partial charge is 0.360 e. The number of amides is 1. The van der Waals surface area contributed by atoms with Crippen LogP contribution in [0.5, 0.6) is 0 Å². The second kappa shape index (κ2) is 7.05. The van der Waals surface area contributed by atoms with Crippen molar-refractivity contribution in [3.05, 3.63) is 60.7 Å². The zero-order valence-corrected chi connectivity index (χ0v) is 14.4. The Morgan fingerprint density at radius 2 is 2.08 bits per heavy atom. The monoisotopic (exact) mass is 349 g/mol. The van der Waals surface area contributed by atoms with Crippen molar-refractivity contribution in [1.82, 2.24) is 19.7 Å². The van der Waals surface area contributed by atoms with Crippen LogP contribution in [0.2, 0.25) is 0 Å². The molecule has 0 bridgehead atoms. The van der Waals surface area contributed by atoms with Gasteiger partial charge < -0.3 is 14.6 Å². The molecule has 1 saturated heterocycles. The summed E-state index contributed by atoms with van der Waals surface area (Å²) in [4.78, 5) is 16.7. The van der Waals surface area contributed by atoms with Gasteiger partial charge in [-0.25, -0.2) is 0 Å². The van der Waals surface area contributed by atoms with Crippen LogP contribution in [0.3, 0.4) is 0 Å². The number of carbonyl (C=O) groups is 1. The van der Waals surface area contributed by atoms with Crippen LogP contribution < -0.4 is 5.32 Å². The molecule has 7 nitrogen and oxygen atoms in total. The minimum Gasteiger partial charge on any atom is -0.360 e. The molecule has 26 heavy (non-hydrogen) atoms. The van der Waals surface area contributed by atoms with Crippen LogP contribution in [0.1, 0.15) is 24.5 Å². The third-order valence-electron chi connectivity index (χ3n) is 4.46. The summed E-state index contributed by atoms with van der Waals surface area (Å²) in [6.07, 6.45) is 5.96. The van der Waals surface area contributed by atoms with Crippen molar-refractivity contribution in [2.75, 3.05) is 5.32 Å². The highest BCUT2D eigenvalue weighted by atomic mass is 16.5. The van der Waals surface area contributed by atoms with Gasteiger partial charge in [0.05, 0.1) is 18.0 Å². The zero-order valence-electron chi connectivity index (χ0n) is 14.4. The first-order valence-electron chi connectivity index (χ1n) is 8.51. The summed E-state index contributed by atoms with van der Waals surface area (Å²) in [7, 11) is 1.86. The molecular formula is C19H19N5O2. The van der Waals surface area contributed by atoms with E-state index in [4.69, 9.17) is 4.74 Å². The Labute approximate surface area is 151 Å². The number of nitrogens with zero attached hydrogens (tertiary/aromatic N) is 4. The van der Waals surface area contributed by atoms with E-state index >= 15 is 0 Å². The van der Waals surface area contributed by atoms with Gasteiger partial charge in [0.25, 0.3) is 5.91 Å². The van der Waals surface area contributed by atoms with Gasteiger partial charge in [0.2, 0.25) is 0 Å². The van der Waals surface area contributed by atoms with Crippen LogP contribution in [0.25, 0.3) is 11.4 Å². The third-order valence-corrected chi connectivity index (χ3v) is 4.46. The van der Waals surface area contributed by atoms with E-state index in [1.54, 1.807) is 23.3 Å². The number of aromatic nitrogens is 4. The molecule has 4 rings (SSSR count). The first kappa shape index (κ1) is 16.4. The van der Waals surface area contributed by atoms with E-state index in [0.717, 1.165) is 17.5 Å². The molecular weight excluding hydrogens is 330 g/mol. The molecule has 2 atom stereocenters. The number of hydrogen-bond donors (Lipinski definition) is 1. The Hall–Kier alpha value is -3.06. The summed E-state index contributed by atoms with van der Waals surface area (Å²) in [5, 5.41) is 10.8. The Morgan fingerprint density at radius 3 is 2.85 bits per heavy atom. The Morgan fingerprint density at radius 1 is 1.23 bits per heavy atom. The van der Waals surface area contributed by atoms with Crippen LogP contribution in [-0.2, 0) is 16.6 Å². The minimum absolute atomic E-state index is 0.0324. The normalized spacial score (nSPS) is 19.4. The van der Waals surface area contributed by atoms with Crippen molar-refractivity contribution < 1.29 is 9.53 Å². The average molecular weight is 349 g/mol. The molecule has 132 valence electrons. The topological polar surface area (TPSA) is 81.9 Å². The number of carbonyl (C=O) groups excluding carboxylic acids is 1. The van der Waals surface area contributed by atoms with Gasteiger partial charge in [-0.2, -0.15) is 0 Å². The molecule has 1 aliphatic rings. The maximum atomic E-state index is 12.6. The van der Waals surface area contributed by atoms with E-state index in [1.165, 1.54) is 0 Å². The maximum absolute atomic E-state index is 12.6. The Bertz CT molecular complexity index is 909. The highest BCUT2D eigenvalue weighted by Gasteiger charge is 2.31. The smallest absolute Gasteiger partial charge is 0.253 e. The predicted octanol–water partition coefficient (Wildman–Crippen LogP) is 2.74. The lowest BCUT2D eigenvalue weighted by atomic mass is 10.1. The second-order valence-corrected chi connectivity index (χ2v) is 6.32. The van der Waals surface area contributed by atoms with Gasteiger partial charge in [-0.15, -0.1) is 10.2 Å². The zero-order chi connectivity index (χ0) is 17.9. The fourth-order valence-electron chi connectivity index (χ4n) is 3.14. The van der Waals surface area contributed by atoms with Crippen LogP contribution in [0.15, 0.2) is 55.1 Å². The maximum Gasteiger partial charge on any atom is 0.253 e. The third kappa shape index (κ3) is 3.34. The highest BCUT2D eigenvalue weighted by Crippen LogP contribution is 2.33. The molecule has 0 aliphatic carbocycles. The van der Waals surface area contributed by atoms with E-state index in [0.29, 0.717) is 17.9 Å². The van der Waals surface area contributed by atoms with Crippen LogP contribution >= 0.6 is 0 Å². The van der Waals surface area contributed by atoms with E-state index in [1.807, 2.05) is 43.4 Å². The van der Waals surface area contributed by atoms with Gasteiger partial charge in [0.15, 0.2) is 5.82 Å². The van der Waals surface area contributed by atoms with Gasteiger partial charge in [-0.1, -0.05) is 30.3 Å². The molecule has 0 unspecified atom stereocenters. The highest BCUT2D eigenvalue weighted by molar-refractivity contribution is 5.94. The predicted molar refractivity (Wildman–Crippen MR) is 96.2 cm³/mol. The molecule has 3 aromatic rings. The lowest BCUT2D eigenvalue weighted by molar-refractivity contribution is -0.126. The van der Waals surface area contributed by atoms with Gasteiger partial charge in [-0.3, -0.25) is 9.78 Å². The molecule has 1 aromatic carbocycles. The summed E-state index contributed by atoms with van der Waals surface area (Å²) in [5.41, 5.74) is 2.51. The number of hydrogen-bond acceptors (Lipinski definition) is 5. The molecule has 0 saturated carbocycles. The number of nitrogens with one attached hydrogen (secondary N) is 1. The number of rotatable bonds is 4. The summed E-state index contributed by atoms with van der Waals surface area (Å²) < 4.78 is 7.74. The molecule has 0 spiro atoms. The lowest BCUT2D eigenvalue weighted by Gasteiger charge is -2.14. The standard InChI is InChI=1S/C19H19N5O2/c1-24-12-21-23-18(24)14-9-15(11-20-10-14)22-19(25)17-8-7-16(26-17)13-5-3-2-4-6-13/h2-6,9-12,16-17H,7-8H2,1H3,(H,22,25)/t16-,17+/m0/s1. The molecule has 2 aromatic heterocycles. The van der Waals surface area contributed by atoms with E-state index < -0.39 is 6.10 Å². The van der Waals surface area contributed by atoms with E-state index in [9.17, 15) is 4.79 Å². The number of benzene rings is 1. The molecule has 3 heterocycles. The van der Waals surface area contributed by atoms with Gasteiger partial charge in [0.1, 0.15) is 12.4 Å². The fraction of sp³-hybridized carbons (Fsp3) is 0.263. The van der Waals surface area contributed by atoms with Crippen molar-refractivity contribution in [3.63, 3.8) is 0 Å². The quantitative estimate of drug-likeness (QED) is 0.783. The Balaban J connectivity index is 1.43. The van der Waals surface area contributed by atoms with E-state index in [-0.39, 0.29) is 12.0 Å². The number of ether oxygens (including phenoxy) is 1. The summed E-state index contributed by atoms with van der Waals surface area (Å²) in [6, 6.07) is 11.8. The Kier molecular flexibility index (Phi) is 4.45. The van der Waals surface area contributed by atoms with Gasteiger partial charge >= 0.3 is 0 Å². The lowest BCUT2D eigenvalue weighted by Crippen LogP contribution is -2.27. The van der Waals surface area contributed by atoms with Gasteiger partial charge in [-0.05, 0) is 24.5 Å². The summed E-state index contributed by atoms with van der Waals surface area (Å²) >= 11 is 0. The average Bonchev–Trinajstić information content (AvgIpc) is 3.32. The first-order valence-corrected chi connectivity index (χ1v) is 8.51. The fourth-order valence-corrected chi connectivity index (χ4v) is 3.14. The summed E-state index contributed by atoms with van der Waals surface area (Å²) in [5.74, 6) is 0.537. The first-order chi connectivity index (χ1) is 12.7. The van der Waals surface area contributed by atoms with Crippen molar-refractivity contribution in [2.45, 2.75) is 25.0 Å².